The number of carboxylic acids is 1. The van der Waals surface area contributed by atoms with Gasteiger partial charge in [0.2, 0.25) is 0 Å². The summed E-state index contributed by atoms with van der Waals surface area (Å²) < 4.78 is 0. The molecular weight excluding hydrogens is 140 g/mol. The van der Waals surface area contributed by atoms with Gasteiger partial charge in [-0.15, -0.1) is 6.58 Å². The molecule has 1 radical (unpaired) electrons. The van der Waals surface area contributed by atoms with Crippen molar-refractivity contribution in [3.8, 4) is 0 Å². The Morgan fingerprint density at radius 3 is 2.73 bits per heavy atom. The molecule has 1 atom stereocenters. The minimum absolute atomic E-state index is 0.471. The lowest BCUT2D eigenvalue weighted by atomic mass is 10.0. The van der Waals surface area contributed by atoms with Crippen LogP contribution in [0.3, 0.4) is 0 Å². The van der Waals surface area contributed by atoms with Crippen molar-refractivity contribution in [2.45, 2.75) is 26.2 Å². The minimum atomic E-state index is -0.809. The molecule has 0 spiro atoms. The number of aliphatic carboxylic acids is 1. The second-order valence-corrected chi connectivity index (χ2v) is 2.48. The molecule has 2 nitrogen and oxygen atoms in total. The number of hydrogen-bond acceptors (Lipinski definition) is 1. The molecule has 0 rings (SSSR count). The van der Waals surface area contributed by atoms with E-state index >= 15 is 0 Å². The van der Waals surface area contributed by atoms with Gasteiger partial charge in [-0.25, -0.2) is 0 Å². The van der Waals surface area contributed by atoms with Gasteiger partial charge in [0, 0.05) is 0 Å². The van der Waals surface area contributed by atoms with Gasteiger partial charge in [-0.1, -0.05) is 25.8 Å². The van der Waals surface area contributed by atoms with Crippen molar-refractivity contribution in [2.24, 2.45) is 5.92 Å². The molecule has 0 aliphatic rings. The van der Waals surface area contributed by atoms with Crippen LogP contribution < -0.4 is 0 Å². The Morgan fingerprint density at radius 2 is 2.36 bits per heavy atom. The molecule has 63 valence electrons. The van der Waals surface area contributed by atoms with Gasteiger partial charge in [0.25, 0.3) is 0 Å². The van der Waals surface area contributed by atoms with E-state index in [4.69, 9.17) is 5.11 Å². The van der Waals surface area contributed by atoms with Crippen LogP contribution in [0, 0.1) is 12.3 Å². The third-order valence-electron chi connectivity index (χ3n) is 1.52. The molecule has 11 heavy (non-hydrogen) atoms. The summed E-state index contributed by atoms with van der Waals surface area (Å²) in [5.74, 6) is -1.28. The summed E-state index contributed by atoms with van der Waals surface area (Å²) in [5.41, 5.74) is 0. The number of carboxylic acid groups (broad SMARTS) is 1. The van der Waals surface area contributed by atoms with Crippen LogP contribution in [0.4, 0.5) is 0 Å². The van der Waals surface area contributed by atoms with Gasteiger partial charge < -0.3 is 5.11 Å². The zero-order chi connectivity index (χ0) is 8.69. The first-order valence-electron chi connectivity index (χ1n) is 3.91. The van der Waals surface area contributed by atoms with Crippen LogP contribution in [-0.4, -0.2) is 11.1 Å². The first kappa shape index (κ1) is 10.2. The monoisotopic (exact) mass is 155 g/mol. The minimum Gasteiger partial charge on any atom is -0.481 e. The predicted molar refractivity (Wildman–Crippen MR) is 45.1 cm³/mol. The lowest BCUT2D eigenvalue weighted by Crippen LogP contribution is -2.10. The molecule has 0 fully saturated rings. The fourth-order valence-corrected chi connectivity index (χ4v) is 0.799. The lowest BCUT2D eigenvalue weighted by molar-refractivity contribution is -0.139. The molecule has 0 aliphatic carbocycles. The van der Waals surface area contributed by atoms with Crippen molar-refractivity contribution in [1.29, 1.82) is 0 Å². The van der Waals surface area contributed by atoms with E-state index in [0.29, 0.717) is 0 Å². The van der Waals surface area contributed by atoms with Crippen molar-refractivity contribution in [2.75, 3.05) is 0 Å². The van der Waals surface area contributed by atoms with Crippen LogP contribution in [-0.2, 0) is 4.79 Å². The molecule has 0 aliphatic heterocycles. The molecule has 0 heterocycles. The van der Waals surface area contributed by atoms with Crippen LogP contribution in [0.25, 0.3) is 0 Å². The zero-order valence-corrected chi connectivity index (χ0v) is 6.92. The average molecular weight is 155 g/mol. The first-order valence-corrected chi connectivity index (χ1v) is 3.91. The molecule has 0 bridgehead atoms. The maximum atomic E-state index is 10.4. The van der Waals surface area contributed by atoms with Gasteiger partial charge >= 0.3 is 5.97 Å². The van der Waals surface area contributed by atoms with E-state index in [1.807, 2.05) is 0 Å². The fourth-order valence-electron chi connectivity index (χ4n) is 0.799. The van der Waals surface area contributed by atoms with E-state index in [2.05, 4.69) is 13.5 Å². The summed E-state index contributed by atoms with van der Waals surface area (Å²) in [5, 5.41) is 8.57. The highest BCUT2D eigenvalue weighted by Gasteiger charge is 2.11. The topological polar surface area (TPSA) is 37.3 Å². The first-order chi connectivity index (χ1) is 5.22. The second kappa shape index (κ2) is 5.96. The van der Waals surface area contributed by atoms with Crippen molar-refractivity contribution >= 4 is 5.97 Å². The van der Waals surface area contributed by atoms with Crippen LogP contribution in [0.15, 0.2) is 12.7 Å². The smallest absolute Gasteiger partial charge is 0.310 e. The summed E-state index contributed by atoms with van der Waals surface area (Å²) in [6.45, 7) is 5.53. The maximum absolute atomic E-state index is 10.4. The molecule has 0 aromatic rings. The Morgan fingerprint density at radius 1 is 1.73 bits per heavy atom. The van der Waals surface area contributed by atoms with E-state index in [0.717, 1.165) is 19.3 Å². The van der Waals surface area contributed by atoms with Gasteiger partial charge in [-0.3, -0.25) is 4.79 Å². The van der Waals surface area contributed by atoms with Gasteiger partial charge in [0.05, 0.1) is 5.92 Å². The van der Waals surface area contributed by atoms with Crippen LogP contribution in [0.2, 0.25) is 0 Å². The molecule has 1 unspecified atom stereocenters. The van der Waals surface area contributed by atoms with E-state index in [1.54, 1.807) is 6.42 Å². The maximum Gasteiger partial charge on any atom is 0.310 e. The average Bonchev–Trinajstić information content (AvgIpc) is 1.97. The zero-order valence-electron chi connectivity index (χ0n) is 6.92. The van der Waals surface area contributed by atoms with Crippen LogP contribution in [0.1, 0.15) is 26.2 Å². The summed E-state index contributed by atoms with van der Waals surface area (Å²) >= 11 is 0. The highest BCUT2D eigenvalue weighted by atomic mass is 16.4. The summed E-state index contributed by atoms with van der Waals surface area (Å²) in [4.78, 5) is 10.4. The molecule has 0 aromatic heterocycles. The standard InChI is InChI=1S/C9H15O2/c1-3-5-6-7-8(4-2)9(10)11/h4,7-8H,2-3,5-6H2,1H3,(H,10,11). The summed E-state index contributed by atoms with van der Waals surface area (Å²) in [6, 6.07) is 0. The van der Waals surface area contributed by atoms with Crippen molar-refractivity contribution in [3.05, 3.63) is 19.1 Å². The van der Waals surface area contributed by atoms with Crippen LogP contribution in [0.5, 0.6) is 0 Å². The Labute approximate surface area is 67.9 Å². The number of unbranched alkanes of at least 4 members (excludes halogenated alkanes) is 2. The van der Waals surface area contributed by atoms with Crippen LogP contribution >= 0.6 is 0 Å². The Kier molecular flexibility index (Phi) is 5.53. The number of carbonyl (C=O) groups is 1. The molecule has 1 N–H and O–H groups in total. The number of hydrogen-bond donors (Lipinski definition) is 1. The Hall–Kier alpha value is -0.790. The van der Waals surface area contributed by atoms with E-state index in [-0.39, 0.29) is 0 Å². The molecule has 0 saturated carbocycles. The molecule has 0 aromatic carbocycles. The predicted octanol–water partition coefficient (Wildman–Crippen LogP) is 2.27. The Balaban J connectivity index is 3.52. The van der Waals surface area contributed by atoms with Gasteiger partial charge in [-0.2, -0.15) is 0 Å². The van der Waals surface area contributed by atoms with E-state index in [9.17, 15) is 4.79 Å². The molecule has 0 saturated heterocycles. The largest absolute Gasteiger partial charge is 0.481 e. The van der Waals surface area contributed by atoms with E-state index < -0.39 is 11.9 Å². The lowest BCUT2D eigenvalue weighted by Gasteiger charge is -2.04. The Bertz CT molecular complexity index is 130. The molecule has 0 amide bonds. The van der Waals surface area contributed by atoms with Gasteiger partial charge in [0.15, 0.2) is 0 Å². The highest BCUT2D eigenvalue weighted by molar-refractivity contribution is 5.73. The van der Waals surface area contributed by atoms with Crippen molar-refractivity contribution in [3.63, 3.8) is 0 Å². The van der Waals surface area contributed by atoms with E-state index in [1.165, 1.54) is 6.08 Å². The third-order valence-corrected chi connectivity index (χ3v) is 1.52. The van der Waals surface area contributed by atoms with Gasteiger partial charge in [0.1, 0.15) is 0 Å². The third kappa shape index (κ3) is 4.59. The fraction of sp³-hybridized carbons (Fsp3) is 0.556. The number of rotatable bonds is 6. The molecular formula is C9H15O2. The van der Waals surface area contributed by atoms with Crippen molar-refractivity contribution in [1.82, 2.24) is 0 Å². The second-order valence-electron chi connectivity index (χ2n) is 2.48. The van der Waals surface area contributed by atoms with Gasteiger partial charge in [-0.05, 0) is 12.8 Å². The summed E-state index contributed by atoms with van der Waals surface area (Å²) in [6.07, 6.45) is 6.26. The normalized spacial score (nSPS) is 12.5. The quantitative estimate of drug-likeness (QED) is 0.472. The SMILES string of the molecule is C=CC([CH]CCCC)C(=O)O. The van der Waals surface area contributed by atoms with Crippen molar-refractivity contribution < 1.29 is 9.90 Å². The summed E-state index contributed by atoms with van der Waals surface area (Å²) in [7, 11) is 0. The highest BCUT2D eigenvalue weighted by Crippen LogP contribution is 2.09. The molecule has 2 heteroatoms.